The van der Waals surface area contributed by atoms with Crippen molar-refractivity contribution in [1.29, 1.82) is 0 Å². The summed E-state index contributed by atoms with van der Waals surface area (Å²) in [6.45, 7) is 1.88. The predicted octanol–water partition coefficient (Wildman–Crippen LogP) is 1.70. The van der Waals surface area contributed by atoms with Gasteiger partial charge in [0.2, 0.25) is 0 Å². The number of pyridine rings is 1. The quantitative estimate of drug-likeness (QED) is 0.750. The van der Waals surface area contributed by atoms with Crippen LogP contribution in [0.3, 0.4) is 0 Å². The van der Waals surface area contributed by atoms with E-state index in [0.29, 0.717) is 4.83 Å². The average Bonchev–Trinajstić information content (AvgIpc) is 2.47. The number of carboxylic acid groups (broad SMARTS) is 1. The summed E-state index contributed by atoms with van der Waals surface area (Å²) in [5.41, 5.74) is 0.959. The number of hydrogen-bond acceptors (Lipinski definition) is 4. The fourth-order valence-electron chi connectivity index (χ4n) is 1.07. The van der Waals surface area contributed by atoms with Gasteiger partial charge in [-0.05, 0) is 30.6 Å². The Bertz CT molecular complexity index is 478. The van der Waals surface area contributed by atoms with Gasteiger partial charge in [-0.3, -0.25) is 0 Å². The molecule has 0 fully saturated rings. The first-order valence-corrected chi connectivity index (χ1v) is 4.42. The SMILES string of the molecule is Cc1nsc2nc(C(=O)O)ccc12. The summed E-state index contributed by atoms with van der Waals surface area (Å²) in [5, 5.41) is 9.60. The monoisotopic (exact) mass is 194 g/mol. The molecule has 0 radical (unpaired) electrons. The van der Waals surface area contributed by atoms with Gasteiger partial charge in [0.05, 0.1) is 5.69 Å². The van der Waals surface area contributed by atoms with Crippen molar-refractivity contribution in [1.82, 2.24) is 9.36 Å². The molecule has 0 aromatic carbocycles. The Morgan fingerprint density at radius 2 is 2.31 bits per heavy atom. The largest absolute Gasteiger partial charge is 0.477 e. The van der Waals surface area contributed by atoms with Crippen molar-refractivity contribution >= 4 is 27.7 Å². The number of rotatable bonds is 1. The van der Waals surface area contributed by atoms with Crippen molar-refractivity contribution in [2.45, 2.75) is 6.92 Å². The molecular formula is C8H6N2O2S. The second-order valence-electron chi connectivity index (χ2n) is 2.62. The third-order valence-electron chi connectivity index (χ3n) is 1.74. The van der Waals surface area contributed by atoms with Gasteiger partial charge < -0.3 is 5.11 Å². The molecule has 2 rings (SSSR count). The first kappa shape index (κ1) is 8.12. The van der Waals surface area contributed by atoms with Crippen LogP contribution in [0.1, 0.15) is 16.2 Å². The summed E-state index contributed by atoms with van der Waals surface area (Å²) in [6.07, 6.45) is 0. The molecule has 0 spiro atoms. The molecule has 2 heterocycles. The van der Waals surface area contributed by atoms with Gasteiger partial charge >= 0.3 is 5.97 Å². The maximum absolute atomic E-state index is 10.6. The Labute approximate surface area is 78.0 Å². The van der Waals surface area contributed by atoms with Crippen LogP contribution < -0.4 is 0 Å². The molecule has 0 aliphatic carbocycles. The third-order valence-corrected chi connectivity index (χ3v) is 2.59. The Balaban J connectivity index is 2.70. The molecule has 66 valence electrons. The van der Waals surface area contributed by atoms with Crippen molar-refractivity contribution in [2.75, 3.05) is 0 Å². The van der Waals surface area contributed by atoms with E-state index in [1.165, 1.54) is 17.6 Å². The Hall–Kier alpha value is -1.49. The van der Waals surface area contributed by atoms with Gasteiger partial charge in [-0.1, -0.05) is 0 Å². The standard InChI is InChI=1S/C8H6N2O2S/c1-4-5-2-3-6(8(11)12)9-7(5)13-10-4/h2-3H,1H3,(H,11,12). The number of hydrogen-bond donors (Lipinski definition) is 1. The number of aromatic carboxylic acids is 1. The first-order chi connectivity index (χ1) is 6.18. The number of aromatic nitrogens is 2. The topological polar surface area (TPSA) is 63.1 Å². The van der Waals surface area contributed by atoms with E-state index in [0.717, 1.165) is 11.1 Å². The lowest BCUT2D eigenvalue weighted by Gasteiger charge is -1.92. The molecule has 0 bridgehead atoms. The highest BCUT2D eigenvalue weighted by molar-refractivity contribution is 7.12. The Kier molecular flexibility index (Phi) is 1.73. The van der Waals surface area contributed by atoms with Crippen LogP contribution in [0.25, 0.3) is 10.2 Å². The van der Waals surface area contributed by atoms with Gasteiger partial charge in [0, 0.05) is 5.39 Å². The smallest absolute Gasteiger partial charge is 0.354 e. The zero-order chi connectivity index (χ0) is 9.42. The summed E-state index contributed by atoms with van der Waals surface area (Å²) < 4.78 is 4.08. The van der Waals surface area contributed by atoms with Gasteiger partial charge in [-0.2, -0.15) is 4.37 Å². The minimum absolute atomic E-state index is 0.0659. The molecule has 0 saturated carbocycles. The van der Waals surface area contributed by atoms with E-state index in [-0.39, 0.29) is 5.69 Å². The number of aryl methyl sites for hydroxylation is 1. The first-order valence-electron chi connectivity index (χ1n) is 3.65. The minimum Gasteiger partial charge on any atom is -0.477 e. The highest BCUT2D eigenvalue weighted by Gasteiger charge is 2.08. The molecule has 13 heavy (non-hydrogen) atoms. The molecule has 4 nitrogen and oxygen atoms in total. The molecule has 0 saturated heterocycles. The van der Waals surface area contributed by atoms with Crippen LogP contribution >= 0.6 is 11.5 Å². The summed E-state index contributed by atoms with van der Waals surface area (Å²) in [6, 6.07) is 3.23. The van der Waals surface area contributed by atoms with Crippen LogP contribution in [-0.4, -0.2) is 20.4 Å². The molecule has 5 heteroatoms. The van der Waals surface area contributed by atoms with Crippen LogP contribution in [0, 0.1) is 6.92 Å². The van der Waals surface area contributed by atoms with Gasteiger partial charge in [0.25, 0.3) is 0 Å². The van der Waals surface area contributed by atoms with E-state index < -0.39 is 5.97 Å². The minimum atomic E-state index is -1.01. The van der Waals surface area contributed by atoms with Crippen LogP contribution in [0.4, 0.5) is 0 Å². The number of carbonyl (C=O) groups is 1. The Morgan fingerprint density at radius 1 is 1.54 bits per heavy atom. The van der Waals surface area contributed by atoms with Gasteiger partial charge in [-0.25, -0.2) is 9.78 Å². The van der Waals surface area contributed by atoms with Crippen LogP contribution in [0.2, 0.25) is 0 Å². The van der Waals surface area contributed by atoms with Gasteiger partial charge in [0.1, 0.15) is 10.5 Å². The molecule has 0 amide bonds. The number of fused-ring (bicyclic) bond motifs is 1. The lowest BCUT2D eigenvalue weighted by molar-refractivity contribution is 0.0691. The van der Waals surface area contributed by atoms with E-state index in [1.807, 2.05) is 6.92 Å². The molecular weight excluding hydrogens is 188 g/mol. The number of nitrogens with zero attached hydrogens (tertiary/aromatic N) is 2. The summed E-state index contributed by atoms with van der Waals surface area (Å²) in [4.78, 5) is 15.2. The van der Waals surface area contributed by atoms with Crippen molar-refractivity contribution in [2.24, 2.45) is 0 Å². The zero-order valence-corrected chi connectivity index (χ0v) is 7.63. The highest BCUT2D eigenvalue weighted by atomic mass is 32.1. The molecule has 2 aromatic heterocycles. The third kappa shape index (κ3) is 1.27. The fourth-order valence-corrected chi connectivity index (χ4v) is 1.84. The molecule has 0 atom stereocenters. The maximum Gasteiger partial charge on any atom is 0.354 e. The lowest BCUT2D eigenvalue weighted by Crippen LogP contribution is -1.98. The van der Waals surface area contributed by atoms with Crippen molar-refractivity contribution in [3.05, 3.63) is 23.5 Å². The Morgan fingerprint density at radius 3 is 3.00 bits per heavy atom. The molecule has 2 aromatic rings. The molecule has 0 unspecified atom stereocenters. The summed E-state index contributed by atoms with van der Waals surface area (Å²) >= 11 is 1.22. The normalized spacial score (nSPS) is 10.5. The van der Waals surface area contributed by atoms with Gasteiger partial charge in [-0.15, -0.1) is 0 Å². The molecule has 0 aliphatic rings. The highest BCUT2D eigenvalue weighted by Crippen LogP contribution is 2.19. The van der Waals surface area contributed by atoms with Crippen LogP contribution in [-0.2, 0) is 0 Å². The second-order valence-corrected chi connectivity index (χ2v) is 3.37. The molecule has 1 N–H and O–H groups in total. The fraction of sp³-hybridized carbons (Fsp3) is 0.125. The van der Waals surface area contributed by atoms with Crippen LogP contribution in [0.15, 0.2) is 12.1 Å². The van der Waals surface area contributed by atoms with Crippen molar-refractivity contribution in [3.8, 4) is 0 Å². The lowest BCUT2D eigenvalue weighted by atomic mass is 10.2. The average molecular weight is 194 g/mol. The van der Waals surface area contributed by atoms with Crippen LogP contribution in [0.5, 0.6) is 0 Å². The molecule has 0 aliphatic heterocycles. The van der Waals surface area contributed by atoms with E-state index in [1.54, 1.807) is 6.07 Å². The van der Waals surface area contributed by atoms with E-state index in [2.05, 4.69) is 9.36 Å². The number of carboxylic acids is 1. The van der Waals surface area contributed by atoms with E-state index in [4.69, 9.17) is 5.11 Å². The predicted molar refractivity (Wildman–Crippen MR) is 49.1 cm³/mol. The second kappa shape index (κ2) is 2.77. The summed E-state index contributed by atoms with van der Waals surface area (Å²) in [7, 11) is 0. The van der Waals surface area contributed by atoms with Gasteiger partial charge in [0.15, 0.2) is 0 Å². The van der Waals surface area contributed by atoms with Crippen molar-refractivity contribution in [3.63, 3.8) is 0 Å². The maximum atomic E-state index is 10.6. The zero-order valence-electron chi connectivity index (χ0n) is 6.81. The van der Waals surface area contributed by atoms with Crippen molar-refractivity contribution < 1.29 is 9.90 Å². The van der Waals surface area contributed by atoms with E-state index >= 15 is 0 Å². The van der Waals surface area contributed by atoms with E-state index in [9.17, 15) is 4.79 Å². The summed E-state index contributed by atoms with van der Waals surface area (Å²) in [5.74, 6) is -1.01.